The summed E-state index contributed by atoms with van der Waals surface area (Å²) >= 11 is 0. The Bertz CT molecular complexity index is 1340. The zero-order valence-corrected chi connectivity index (χ0v) is 20.7. The van der Waals surface area contributed by atoms with E-state index in [2.05, 4.69) is 0 Å². The number of rotatable bonds is 5. The lowest BCUT2D eigenvalue weighted by atomic mass is 10.1. The first kappa shape index (κ1) is 24.0. The van der Waals surface area contributed by atoms with Crippen molar-refractivity contribution in [3.05, 3.63) is 78.9 Å². The second-order valence-corrected chi connectivity index (χ2v) is 9.42. The van der Waals surface area contributed by atoms with E-state index in [1.807, 2.05) is 53.4 Å². The van der Waals surface area contributed by atoms with Gasteiger partial charge in [-0.05, 0) is 48.5 Å². The number of imide groups is 1. The molecule has 3 aliphatic heterocycles. The van der Waals surface area contributed by atoms with Gasteiger partial charge in [-0.25, -0.2) is 4.90 Å². The molecule has 2 saturated heterocycles. The highest BCUT2D eigenvalue weighted by atomic mass is 16.6. The smallest absolute Gasteiger partial charge is 0.267 e. The second kappa shape index (κ2) is 10.2. The van der Waals surface area contributed by atoms with Crippen LogP contribution in [0.3, 0.4) is 0 Å². The van der Waals surface area contributed by atoms with E-state index in [9.17, 15) is 14.4 Å². The molecule has 0 aromatic heterocycles. The summed E-state index contributed by atoms with van der Waals surface area (Å²) in [6.07, 6.45) is -0.582. The molecule has 194 valence electrons. The maximum absolute atomic E-state index is 13.3. The van der Waals surface area contributed by atoms with Gasteiger partial charge in [0, 0.05) is 26.2 Å². The van der Waals surface area contributed by atoms with E-state index >= 15 is 0 Å². The molecule has 0 unspecified atom stereocenters. The molecule has 38 heavy (non-hydrogen) atoms. The Hall–Kier alpha value is -4.37. The number of benzene rings is 3. The van der Waals surface area contributed by atoms with Crippen LogP contribution in [0.25, 0.3) is 0 Å². The van der Waals surface area contributed by atoms with Gasteiger partial charge in [-0.15, -0.1) is 0 Å². The maximum atomic E-state index is 13.3. The monoisotopic (exact) mass is 513 g/mol. The van der Waals surface area contributed by atoms with Crippen molar-refractivity contribution in [3.63, 3.8) is 0 Å². The van der Waals surface area contributed by atoms with Crippen LogP contribution in [0.5, 0.6) is 23.0 Å². The fourth-order valence-electron chi connectivity index (χ4n) is 5.06. The summed E-state index contributed by atoms with van der Waals surface area (Å²) in [5.74, 6) is 1.91. The fraction of sp³-hybridized carbons (Fsp3) is 0.276. The lowest BCUT2D eigenvalue weighted by Gasteiger charge is -2.38. The van der Waals surface area contributed by atoms with Crippen molar-refractivity contribution in [2.24, 2.45) is 0 Å². The number of nitrogens with zero attached hydrogens (tertiary/aromatic N) is 3. The van der Waals surface area contributed by atoms with Gasteiger partial charge in [-0.3, -0.25) is 19.3 Å². The molecular weight excluding hydrogens is 486 g/mol. The Kier molecular flexibility index (Phi) is 6.43. The number of amides is 3. The standard InChI is InChI=1S/C29H27N3O6/c33-27-18-23(28(34)32(27)20-10-12-22(13-11-20)37-21-6-2-1-3-7-21)30-14-16-31(17-15-30)29(35)26-19-36-24-8-4-5-9-25(24)38-26/h1-13,23,26H,14-19H2/t23-,26+/m0/s1. The third-order valence-corrected chi connectivity index (χ3v) is 7.05. The molecule has 9 heteroatoms. The average molecular weight is 514 g/mol. The number of fused-ring (bicyclic) bond motifs is 1. The van der Waals surface area contributed by atoms with Crippen LogP contribution in [0.4, 0.5) is 5.69 Å². The SMILES string of the molecule is O=C([C@H]1COc2ccccc2O1)N1CCN([C@H]2CC(=O)N(c3ccc(Oc4ccccc4)cc3)C2=O)CC1. The van der Waals surface area contributed by atoms with Gasteiger partial charge < -0.3 is 19.1 Å². The largest absolute Gasteiger partial charge is 0.485 e. The number of piperazine rings is 1. The molecule has 3 aliphatic rings. The fourth-order valence-corrected chi connectivity index (χ4v) is 5.06. The predicted octanol–water partition coefficient (Wildman–Crippen LogP) is 3.10. The van der Waals surface area contributed by atoms with E-state index in [-0.39, 0.29) is 30.7 Å². The van der Waals surface area contributed by atoms with Crippen LogP contribution in [0.2, 0.25) is 0 Å². The van der Waals surface area contributed by atoms with Gasteiger partial charge in [-0.2, -0.15) is 0 Å². The Labute approximate surface area is 220 Å². The van der Waals surface area contributed by atoms with Crippen LogP contribution in [-0.2, 0) is 14.4 Å². The van der Waals surface area contributed by atoms with E-state index in [1.54, 1.807) is 35.2 Å². The number of hydrogen-bond donors (Lipinski definition) is 0. The summed E-state index contributed by atoms with van der Waals surface area (Å²) in [4.78, 5) is 44.2. The first-order valence-corrected chi connectivity index (χ1v) is 12.7. The molecule has 0 saturated carbocycles. The highest BCUT2D eigenvalue weighted by Crippen LogP contribution is 2.32. The minimum Gasteiger partial charge on any atom is -0.485 e. The minimum absolute atomic E-state index is 0.116. The normalized spacial score (nSPS) is 21.5. The summed E-state index contributed by atoms with van der Waals surface area (Å²) in [7, 11) is 0. The molecule has 3 amide bonds. The van der Waals surface area contributed by atoms with Gasteiger partial charge in [0.25, 0.3) is 11.8 Å². The van der Waals surface area contributed by atoms with Crippen LogP contribution in [0.15, 0.2) is 78.9 Å². The highest BCUT2D eigenvalue weighted by Gasteiger charge is 2.44. The lowest BCUT2D eigenvalue weighted by molar-refractivity contribution is -0.143. The summed E-state index contributed by atoms with van der Waals surface area (Å²) < 4.78 is 17.4. The topological polar surface area (TPSA) is 88.6 Å². The van der Waals surface area contributed by atoms with Gasteiger partial charge in [0.1, 0.15) is 18.1 Å². The number of hydrogen-bond acceptors (Lipinski definition) is 7. The third kappa shape index (κ3) is 4.68. The first-order valence-electron chi connectivity index (χ1n) is 12.7. The average Bonchev–Trinajstić information content (AvgIpc) is 3.27. The first-order chi connectivity index (χ1) is 18.6. The number of carbonyl (C=O) groups excluding carboxylic acids is 3. The molecule has 0 spiro atoms. The Morgan fingerprint density at radius 2 is 1.45 bits per heavy atom. The van der Waals surface area contributed by atoms with Crippen LogP contribution >= 0.6 is 0 Å². The van der Waals surface area contributed by atoms with Crippen LogP contribution in [0.1, 0.15) is 6.42 Å². The van der Waals surface area contributed by atoms with Gasteiger partial charge in [0.05, 0.1) is 18.2 Å². The van der Waals surface area contributed by atoms with Crippen LogP contribution < -0.4 is 19.1 Å². The van der Waals surface area contributed by atoms with E-state index < -0.39 is 12.1 Å². The Balaban J connectivity index is 1.05. The molecule has 3 aromatic carbocycles. The molecule has 3 heterocycles. The number of para-hydroxylation sites is 3. The van der Waals surface area contributed by atoms with Gasteiger partial charge >= 0.3 is 0 Å². The molecule has 0 N–H and O–H groups in total. The summed E-state index contributed by atoms with van der Waals surface area (Å²) in [6, 6.07) is 23.1. The zero-order valence-electron chi connectivity index (χ0n) is 20.7. The van der Waals surface area contributed by atoms with Crippen LogP contribution in [-0.4, -0.2) is 72.5 Å². The number of anilines is 1. The van der Waals surface area contributed by atoms with E-state index in [4.69, 9.17) is 14.2 Å². The minimum atomic E-state index is -0.699. The molecule has 9 nitrogen and oxygen atoms in total. The molecule has 2 fully saturated rings. The van der Waals surface area contributed by atoms with Crippen molar-refractivity contribution in [2.75, 3.05) is 37.7 Å². The highest BCUT2D eigenvalue weighted by molar-refractivity contribution is 6.22. The van der Waals surface area contributed by atoms with Gasteiger partial charge in [-0.1, -0.05) is 30.3 Å². The van der Waals surface area contributed by atoms with E-state index in [1.165, 1.54) is 4.90 Å². The molecule has 0 radical (unpaired) electrons. The summed E-state index contributed by atoms with van der Waals surface area (Å²) in [5, 5.41) is 0. The van der Waals surface area contributed by atoms with Crippen molar-refractivity contribution in [1.29, 1.82) is 0 Å². The molecule has 6 rings (SSSR count). The predicted molar refractivity (Wildman–Crippen MR) is 138 cm³/mol. The lowest BCUT2D eigenvalue weighted by Crippen LogP contribution is -2.57. The van der Waals surface area contributed by atoms with Crippen molar-refractivity contribution in [1.82, 2.24) is 9.80 Å². The summed E-state index contributed by atoms with van der Waals surface area (Å²) in [5.41, 5.74) is 0.520. The molecule has 3 aromatic rings. The van der Waals surface area contributed by atoms with Crippen molar-refractivity contribution in [3.8, 4) is 23.0 Å². The maximum Gasteiger partial charge on any atom is 0.267 e. The zero-order chi connectivity index (χ0) is 26.1. The quantitative estimate of drug-likeness (QED) is 0.485. The molecule has 2 atom stereocenters. The molecule has 0 bridgehead atoms. The summed E-state index contributed by atoms with van der Waals surface area (Å²) in [6.45, 7) is 2.05. The van der Waals surface area contributed by atoms with E-state index in [0.29, 0.717) is 54.9 Å². The van der Waals surface area contributed by atoms with Crippen molar-refractivity contribution in [2.45, 2.75) is 18.6 Å². The number of carbonyl (C=O) groups is 3. The second-order valence-electron chi connectivity index (χ2n) is 9.42. The van der Waals surface area contributed by atoms with Crippen LogP contribution in [0, 0.1) is 0 Å². The Morgan fingerprint density at radius 1 is 0.789 bits per heavy atom. The van der Waals surface area contributed by atoms with E-state index in [0.717, 1.165) is 0 Å². The molecular formula is C29H27N3O6. The van der Waals surface area contributed by atoms with Gasteiger partial charge in [0.15, 0.2) is 11.5 Å². The molecule has 0 aliphatic carbocycles. The third-order valence-electron chi connectivity index (χ3n) is 7.05. The Morgan fingerprint density at radius 3 is 2.18 bits per heavy atom. The van der Waals surface area contributed by atoms with Gasteiger partial charge in [0.2, 0.25) is 12.0 Å². The van der Waals surface area contributed by atoms with Crippen molar-refractivity contribution < 1.29 is 28.6 Å². The van der Waals surface area contributed by atoms with Crippen molar-refractivity contribution >= 4 is 23.4 Å². The number of ether oxygens (including phenoxy) is 3.